The maximum atomic E-state index is 10.2. The highest BCUT2D eigenvalue weighted by molar-refractivity contribution is 5.67. The van der Waals surface area contributed by atoms with Crippen LogP contribution in [0.3, 0.4) is 0 Å². The van der Waals surface area contributed by atoms with E-state index in [1.807, 2.05) is 30.4 Å². The number of allylic oxidation sites excluding steroid dienone is 4. The number of ether oxygens (including phenoxy) is 1. The lowest BCUT2D eigenvalue weighted by Gasteiger charge is -2.03. The van der Waals surface area contributed by atoms with Crippen LogP contribution in [0.5, 0.6) is 0 Å². The number of aliphatic hydroxyl groups excluding tert-OH is 1. The minimum absolute atomic E-state index is 0.240. The Morgan fingerprint density at radius 3 is 2.48 bits per heavy atom. The van der Waals surface area contributed by atoms with Crippen molar-refractivity contribution in [3.63, 3.8) is 0 Å². The van der Waals surface area contributed by atoms with E-state index < -0.39 is 5.97 Å². The van der Waals surface area contributed by atoms with E-state index in [1.54, 1.807) is 0 Å². The van der Waals surface area contributed by atoms with Gasteiger partial charge < -0.3 is 14.9 Å². The molecule has 0 saturated heterocycles. The van der Waals surface area contributed by atoms with E-state index in [0.29, 0.717) is 6.61 Å². The molecule has 4 heteroatoms. The maximum Gasteiger partial charge on any atom is 0.329 e. The highest BCUT2D eigenvalue weighted by Gasteiger charge is 1.96. The van der Waals surface area contributed by atoms with Crippen molar-refractivity contribution >= 4 is 5.97 Å². The summed E-state index contributed by atoms with van der Waals surface area (Å²) in [5, 5.41) is 18.1. The molecule has 0 aromatic heterocycles. The fourth-order valence-corrected chi connectivity index (χ4v) is 1.99. The summed E-state index contributed by atoms with van der Waals surface area (Å²) >= 11 is 0. The molecule has 0 heterocycles. The summed E-state index contributed by atoms with van der Waals surface area (Å²) in [4.78, 5) is 10.2. The number of carboxylic acids is 1. The molecule has 0 radical (unpaired) electrons. The Morgan fingerprint density at radius 1 is 1.04 bits per heavy atom. The lowest BCUT2D eigenvalue weighted by atomic mass is 10.1. The summed E-state index contributed by atoms with van der Waals surface area (Å²) in [6.45, 7) is 2.28. The molecule has 0 bridgehead atoms. The number of rotatable bonds is 15. The van der Waals surface area contributed by atoms with E-state index in [-0.39, 0.29) is 12.7 Å². The van der Waals surface area contributed by atoms with Crippen LogP contribution in [0.2, 0.25) is 0 Å². The van der Waals surface area contributed by atoms with Crippen molar-refractivity contribution in [1.82, 2.24) is 0 Å². The summed E-state index contributed by atoms with van der Waals surface area (Å²) < 4.78 is 4.89. The number of aliphatic carboxylic acids is 1. The molecule has 1 unspecified atom stereocenters. The summed E-state index contributed by atoms with van der Waals surface area (Å²) in [6, 6.07) is 0. The average molecular weight is 324 g/mol. The van der Waals surface area contributed by atoms with Gasteiger partial charge in [0, 0.05) is 0 Å². The number of hydrogen-bond acceptors (Lipinski definition) is 3. The molecule has 0 amide bonds. The first-order valence-corrected chi connectivity index (χ1v) is 8.62. The Hall–Kier alpha value is -1.39. The third-order valence-corrected chi connectivity index (χ3v) is 3.28. The molecule has 2 N–H and O–H groups in total. The van der Waals surface area contributed by atoms with Gasteiger partial charge in [0.15, 0.2) is 0 Å². The fourth-order valence-electron chi connectivity index (χ4n) is 1.99. The molecule has 0 aromatic rings. The highest BCUT2D eigenvalue weighted by atomic mass is 16.5. The molecular weight excluding hydrogens is 292 g/mol. The quantitative estimate of drug-likeness (QED) is 0.268. The van der Waals surface area contributed by atoms with Crippen molar-refractivity contribution < 1.29 is 19.7 Å². The van der Waals surface area contributed by atoms with E-state index in [9.17, 15) is 9.90 Å². The van der Waals surface area contributed by atoms with Gasteiger partial charge in [-0.15, -0.1) is 0 Å². The number of hydrogen-bond donors (Lipinski definition) is 2. The second-order valence-corrected chi connectivity index (χ2v) is 5.54. The SMILES string of the molecule is CCCCCC(O)/C=C/C=C\CCCC/C=C\COCC(=O)O. The molecule has 0 aliphatic heterocycles. The van der Waals surface area contributed by atoms with Crippen molar-refractivity contribution in [1.29, 1.82) is 0 Å². The van der Waals surface area contributed by atoms with Crippen LogP contribution >= 0.6 is 0 Å². The maximum absolute atomic E-state index is 10.2. The van der Waals surface area contributed by atoms with Crippen LogP contribution in [0, 0.1) is 0 Å². The van der Waals surface area contributed by atoms with Gasteiger partial charge in [0.25, 0.3) is 0 Å². The molecule has 1 atom stereocenters. The molecule has 0 saturated carbocycles. The summed E-state index contributed by atoms with van der Waals surface area (Å²) in [5.74, 6) is -0.937. The molecule has 0 rings (SSSR count). The van der Waals surface area contributed by atoms with Crippen LogP contribution in [-0.4, -0.2) is 35.5 Å². The van der Waals surface area contributed by atoms with Crippen LogP contribution in [0.1, 0.15) is 58.3 Å². The molecule has 0 aliphatic rings. The second kappa shape index (κ2) is 17.0. The number of aliphatic hydroxyl groups is 1. The molecule has 132 valence electrons. The lowest BCUT2D eigenvalue weighted by molar-refractivity contribution is -0.141. The minimum atomic E-state index is -0.937. The van der Waals surface area contributed by atoms with Gasteiger partial charge in [-0.3, -0.25) is 0 Å². The zero-order valence-corrected chi connectivity index (χ0v) is 14.3. The normalized spacial score (nSPS) is 13.5. The molecule has 0 aliphatic carbocycles. The van der Waals surface area contributed by atoms with Crippen LogP contribution < -0.4 is 0 Å². The Morgan fingerprint density at radius 2 is 1.78 bits per heavy atom. The van der Waals surface area contributed by atoms with Gasteiger partial charge in [-0.1, -0.05) is 62.6 Å². The average Bonchev–Trinajstić information content (AvgIpc) is 2.51. The van der Waals surface area contributed by atoms with Gasteiger partial charge in [-0.2, -0.15) is 0 Å². The Kier molecular flexibility index (Phi) is 15.9. The first-order valence-electron chi connectivity index (χ1n) is 8.62. The lowest BCUT2D eigenvalue weighted by Crippen LogP contribution is -2.06. The summed E-state index contributed by atoms with van der Waals surface area (Å²) in [5.41, 5.74) is 0. The van der Waals surface area contributed by atoms with Gasteiger partial charge in [-0.05, 0) is 32.1 Å². The summed E-state index contributed by atoms with van der Waals surface area (Å²) in [7, 11) is 0. The third-order valence-electron chi connectivity index (χ3n) is 3.28. The van der Waals surface area contributed by atoms with Gasteiger partial charge in [0.2, 0.25) is 0 Å². The molecule has 0 aromatic carbocycles. The minimum Gasteiger partial charge on any atom is -0.480 e. The first-order chi connectivity index (χ1) is 11.2. The van der Waals surface area contributed by atoms with Crippen LogP contribution in [0.25, 0.3) is 0 Å². The van der Waals surface area contributed by atoms with Crippen molar-refractivity contribution in [3.8, 4) is 0 Å². The Labute approximate surface area is 140 Å². The zero-order chi connectivity index (χ0) is 17.2. The van der Waals surface area contributed by atoms with E-state index in [1.165, 1.54) is 12.8 Å². The van der Waals surface area contributed by atoms with Gasteiger partial charge >= 0.3 is 5.97 Å². The van der Waals surface area contributed by atoms with Gasteiger partial charge in [0.1, 0.15) is 6.61 Å². The predicted molar refractivity (Wildman–Crippen MR) is 94.5 cm³/mol. The van der Waals surface area contributed by atoms with Crippen LogP contribution in [0.15, 0.2) is 36.5 Å². The third kappa shape index (κ3) is 18.6. The molecule has 23 heavy (non-hydrogen) atoms. The van der Waals surface area contributed by atoms with Crippen molar-refractivity contribution in [3.05, 3.63) is 36.5 Å². The van der Waals surface area contributed by atoms with E-state index in [2.05, 4.69) is 13.0 Å². The topological polar surface area (TPSA) is 66.8 Å². The molecule has 4 nitrogen and oxygen atoms in total. The van der Waals surface area contributed by atoms with Crippen molar-refractivity contribution in [2.75, 3.05) is 13.2 Å². The van der Waals surface area contributed by atoms with Crippen molar-refractivity contribution in [2.45, 2.75) is 64.4 Å². The standard InChI is InChI=1S/C19H32O4/c1-2-3-11-14-18(20)15-12-9-7-5-4-6-8-10-13-16-23-17-19(21)22/h7,9-10,12-13,15,18,20H,2-6,8,11,14,16-17H2,1H3,(H,21,22)/b9-7-,13-10-,15-12+. The van der Waals surface area contributed by atoms with E-state index >= 15 is 0 Å². The smallest absolute Gasteiger partial charge is 0.329 e. The van der Waals surface area contributed by atoms with Gasteiger partial charge in [-0.25, -0.2) is 4.79 Å². The molecule has 0 fully saturated rings. The largest absolute Gasteiger partial charge is 0.480 e. The monoisotopic (exact) mass is 324 g/mol. The Bertz CT molecular complexity index is 358. The predicted octanol–water partition coefficient (Wildman–Crippen LogP) is 4.26. The highest BCUT2D eigenvalue weighted by Crippen LogP contribution is 2.05. The number of carbonyl (C=O) groups is 1. The number of unbranched alkanes of at least 4 members (excludes halogenated alkanes) is 5. The fraction of sp³-hybridized carbons (Fsp3) is 0.632. The number of carboxylic acid groups (broad SMARTS) is 1. The van der Waals surface area contributed by atoms with Crippen molar-refractivity contribution in [2.24, 2.45) is 0 Å². The zero-order valence-electron chi connectivity index (χ0n) is 14.3. The molecular formula is C19H32O4. The van der Waals surface area contributed by atoms with Crippen LogP contribution in [-0.2, 0) is 9.53 Å². The second-order valence-electron chi connectivity index (χ2n) is 5.54. The van der Waals surface area contributed by atoms with Gasteiger partial charge in [0.05, 0.1) is 12.7 Å². The van der Waals surface area contributed by atoms with Crippen LogP contribution in [0.4, 0.5) is 0 Å². The molecule has 0 spiro atoms. The Balaban J connectivity index is 3.43. The van der Waals surface area contributed by atoms with E-state index in [0.717, 1.165) is 38.5 Å². The first kappa shape index (κ1) is 21.6. The summed E-state index contributed by atoms with van der Waals surface area (Å²) in [6.07, 6.45) is 20.0. The van der Waals surface area contributed by atoms with E-state index in [4.69, 9.17) is 9.84 Å².